The molecule has 0 atom stereocenters. The van der Waals surface area contributed by atoms with Crippen molar-refractivity contribution in [3.8, 4) is 0 Å². The van der Waals surface area contributed by atoms with Crippen molar-refractivity contribution >= 4 is 17.4 Å². The molecular weight excluding hydrogens is 266 g/mol. The second-order valence-electron chi connectivity index (χ2n) is 4.73. The molecule has 108 valence electrons. The number of benzene rings is 1. The molecule has 6 nitrogen and oxygen atoms in total. The number of primary amides is 1. The van der Waals surface area contributed by atoms with Crippen LogP contribution in [0.1, 0.15) is 21.6 Å². The predicted molar refractivity (Wildman–Crippen MR) is 82.3 cm³/mol. The Morgan fingerprint density at radius 2 is 2.05 bits per heavy atom. The van der Waals surface area contributed by atoms with E-state index in [4.69, 9.17) is 16.9 Å². The molecular formula is C15H17N5O. The van der Waals surface area contributed by atoms with Crippen LogP contribution < -0.4 is 16.4 Å². The van der Waals surface area contributed by atoms with E-state index in [0.29, 0.717) is 12.1 Å². The standard InChI is InChI=1S/C15H17N5O/c1-20(12-5-6-19-13(8-12)15(18)21)9-10-3-2-4-11(7-10)14(16)17/h2-8H,9H2,1H3,(H3,16,17)(H2,18,21). The number of amidine groups is 1. The van der Waals surface area contributed by atoms with Crippen molar-refractivity contribution < 1.29 is 4.79 Å². The molecule has 1 amide bonds. The minimum Gasteiger partial charge on any atom is -0.384 e. The Labute approximate surface area is 122 Å². The summed E-state index contributed by atoms with van der Waals surface area (Å²) in [5, 5.41) is 7.46. The lowest BCUT2D eigenvalue weighted by molar-refractivity contribution is 0.0995. The zero-order chi connectivity index (χ0) is 15.4. The maximum atomic E-state index is 11.2. The first-order chi connectivity index (χ1) is 9.97. The molecule has 1 heterocycles. The van der Waals surface area contributed by atoms with Crippen molar-refractivity contribution in [1.82, 2.24) is 4.98 Å². The minimum atomic E-state index is -0.552. The summed E-state index contributed by atoms with van der Waals surface area (Å²) in [4.78, 5) is 17.0. The van der Waals surface area contributed by atoms with E-state index in [1.165, 1.54) is 0 Å². The number of pyridine rings is 1. The first-order valence-electron chi connectivity index (χ1n) is 6.37. The molecule has 0 aliphatic rings. The average Bonchev–Trinajstić information content (AvgIpc) is 2.47. The van der Waals surface area contributed by atoms with Crippen LogP contribution in [0.15, 0.2) is 42.6 Å². The van der Waals surface area contributed by atoms with Gasteiger partial charge in [0.25, 0.3) is 5.91 Å². The molecule has 2 aromatic rings. The first-order valence-corrected chi connectivity index (χ1v) is 6.37. The van der Waals surface area contributed by atoms with E-state index >= 15 is 0 Å². The number of aromatic nitrogens is 1. The van der Waals surface area contributed by atoms with Gasteiger partial charge in [-0.1, -0.05) is 18.2 Å². The summed E-state index contributed by atoms with van der Waals surface area (Å²) < 4.78 is 0. The molecule has 6 heteroatoms. The van der Waals surface area contributed by atoms with Crippen molar-refractivity contribution in [1.29, 1.82) is 5.41 Å². The van der Waals surface area contributed by atoms with E-state index in [1.807, 2.05) is 30.1 Å². The predicted octanol–water partition coefficient (Wildman–Crippen LogP) is 1.10. The highest BCUT2D eigenvalue weighted by Gasteiger charge is 2.07. The van der Waals surface area contributed by atoms with Crippen LogP contribution in [0.2, 0.25) is 0 Å². The molecule has 1 aromatic heterocycles. The highest BCUT2D eigenvalue weighted by Crippen LogP contribution is 2.16. The van der Waals surface area contributed by atoms with Crippen LogP contribution in [0.5, 0.6) is 0 Å². The fourth-order valence-corrected chi connectivity index (χ4v) is 1.99. The lowest BCUT2D eigenvalue weighted by Gasteiger charge is -2.20. The zero-order valence-electron chi connectivity index (χ0n) is 11.7. The van der Waals surface area contributed by atoms with Gasteiger partial charge >= 0.3 is 0 Å². The highest BCUT2D eigenvalue weighted by molar-refractivity contribution is 5.95. The molecule has 0 fully saturated rings. The summed E-state index contributed by atoms with van der Waals surface area (Å²) in [7, 11) is 1.90. The number of amides is 1. The first kappa shape index (κ1) is 14.5. The van der Waals surface area contributed by atoms with Crippen molar-refractivity contribution in [2.24, 2.45) is 11.5 Å². The fraction of sp³-hybridized carbons (Fsp3) is 0.133. The van der Waals surface area contributed by atoms with Gasteiger partial charge in [0.05, 0.1) is 0 Å². The van der Waals surface area contributed by atoms with Gasteiger partial charge in [0.1, 0.15) is 11.5 Å². The number of hydrogen-bond donors (Lipinski definition) is 3. The number of anilines is 1. The summed E-state index contributed by atoms with van der Waals surface area (Å²) >= 11 is 0. The number of hydrogen-bond acceptors (Lipinski definition) is 4. The van der Waals surface area contributed by atoms with Gasteiger partial charge in [-0.15, -0.1) is 0 Å². The molecule has 5 N–H and O–H groups in total. The molecule has 0 radical (unpaired) electrons. The van der Waals surface area contributed by atoms with E-state index in [0.717, 1.165) is 11.3 Å². The topological polar surface area (TPSA) is 109 Å². The highest BCUT2D eigenvalue weighted by atomic mass is 16.1. The zero-order valence-corrected chi connectivity index (χ0v) is 11.7. The van der Waals surface area contributed by atoms with Crippen LogP contribution >= 0.6 is 0 Å². The van der Waals surface area contributed by atoms with Gasteiger partial charge in [0.15, 0.2) is 0 Å². The number of carbonyl (C=O) groups is 1. The number of nitrogens with two attached hydrogens (primary N) is 2. The van der Waals surface area contributed by atoms with Crippen LogP contribution in [0, 0.1) is 5.41 Å². The molecule has 0 unspecified atom stereocenters. The van der Waals surface area contributed by atoms with Gasteiger partial charge in [-0.3, -0.25) is 15.2 Å². The van der Waals surface area contributed by atoms with Crippen molar-refractivity contribution in [3.05, 3.63) is 59.4 Å². The normalized spacial score (nSPS) is 10.1. The summed E-state index contributed by atoms with van der Waals surface area (Å²) in [5.74, 6) is -0.511. The van der Waals surface area contributed by atoms with Crippen LogP contribution in [0.3, 0.4) is 0 Å². The van der Waals surface area contributed by atoms with E-state index in [1.54, 1.807) is 24.4 Å². The smallest absolute Gasteiger partial charge is 0.267 e. The minimum absolute atomic E-state index is 0.0411. The van der Waals surface area contributed by atoms with E-state index in [-0.39, 0.29) is 11.5 Å². The maximum Gasteiger partial charge on any atom is 0.267 e. The summed E-state index contributed by atoms with van der Waals surface area (Å²) in [6.07, 6.45) is 1.55. The van der Waals surface area contributed by atoms with E-state index < -0.39 is 5.91 Å². The third kappa shape index (κ3) is 3.56. The quantitative estimate of drug-likeness (QED) is 0.564. The molecule has 21 heavy (non-hydrogen) atoms. The molecule has 2 rings (SSSR count). The number of rotatable bonds is 5. The Morgan fingerprint density at radius 3 is 2.71 bits per heavy atom. The van der Waals surface area contributed by atoms with Crippen LogP contribution in [-0.4, -0.2) is 23.8 Å². The Bertz CT molecular complexity index is 683. The average molecular weight is 283 g/mol. The lowest BCUT2D eigenvalue weighted by Crippen LogP contribution is -2.19. The number of nitrogens with zero attached hydrogens (tertiary/aromatic N) is 2. The Morgan fingerprint density at radius 1 is 1.29 bits per heavy atom. The molecule has 0 saturated carbocycles. The van der Waals surface area contributed by atoms with Gasteiger partial charge in [0, 0.05) is 31.0 Å². The number of nitrogens with one attached hydrogen (secondary N) is 1. The Balaban J connectivity index is 2.19. The molecule has 0 aliphatic carbocycles. The SMILES string of the molecule is CN(Cc1cccc(C(=N)N)c1)c1ccnc(C(N)=O)c1. The molecule has 1 aromatic carbocycles. The summed E-state index contributed by atoms with van der Waals surface area (Å²) in [6, 6.07) is 10.9. The van der Waals surface area contributed by atoms with Gasteiger partial charge in [0.2, 0.25) is 0 Å². The van der Waals surface area contributed by atoms with Crippen molar-refractivity contribution in [2.75, 3.05) is 11.9 Å². The summed E-state index contributed by atoms with van der Waals surface area (Å²) in [5.41, 5.74) is 13.5. The van der Waals surface area contributed by atoms with Crippen LogP contribution in [0.4, 0.5) is 5.69 Å². The van der Waals surface area contributed by atoms with Gasteiger partial charge < -0.3 is 16.4 Å². The van der Waals surface area contributed by atoms with Gasteiger partial charge in [-0.05, 0) is 23.8 Å². The third-order valence-electron chi connectivity index (χ3n) is 3.09. The number of carbonyl (C=O) groups excluding carboxylic acids is 1. The molecule has 0 aliphatic heterocycles. The fourth-order valence-electron chi connectivity index (χ4n) is 1.99. The van der Waals surface area contributed by atoms with E-state index in [2.05, 4.69) is 4.98 Å². The third-order valence-corrected chi connectivity index (χ3v) is 3.09. The second kappa shape index (κ2) is 6.04. The van der Waals surface area contributed by atoms with Crippen molar-refractivity contribution in [2.45, 2.75) is 6.54 Å². The van der Waals surface area contributed by atoms with E-state index in [9.17, 15) is 4.79 Å². The monoisotopic (exact) mass is 283 g/mol. The van der Waals surface area contributed by atoms with Gasteiger partial charge in [-0.25, -0.2) is 0 Å². The number of nitrogen functional groups attached to an aromatic ring is 1. The largest absolute Gasteiger partial charge is 0.384 e. The maximum absolute atomic E-state index is 11.2. The van der Waals surface area contributed by atoms with Crippen LogP contribution in [0.25, 0.3) is 0 Å². The van der Waals surface area contributed by atoms with Crippen LogP contribution in [-0.2, 0) is 6.54 Å². The van der Waals surface area contributed by atoms with Crippen molar-refractivity contribution in [3.63, 3.8) is 0 Å². The lowest BCUT2D eigenvalue weighted by atomic mass is 10.1. The Hall–Kier alpha value is -2.89. The summed E-state index contributed by atoms with van der Waals surface area (Å²) in [6.45, 7) is 0.614. The van der Waals surface area contributed by atoms with Gasteiger partial charge in [-0.2, -0.15) is 0 Å². The Kier molecular flexibility index (Phi) is 4.18. The molecule has 0 saturated heterocycles. The molecule has 0 bridgehead atoms. The second-order valence-corrected chi connectivity index (χ2v) is 4.73. The molecule has 0 spiro atoms.